The standard InChI is InChI=1S/C12H14Br2N2O3S/c1-8-7-16(5-4-11(8)15-17)20(18,19)12-6-9(13)2-3-10(12)14/h2-3,6,8,17H,4-5,7H2,1H3/b15-11+. The zero-order chi connectivity index (χ0) is 14.9. The van der Waals surface area contributed by atoms with Gasteiger partial charge < -0.3 is 5.21 Å². The Kier molecular flexibility index (Phi) is 4.88. The van der Waals surface area contributed by atoms with Gasteiger partial charge in [-0.25, -0.2) is 8.42 Å². The predicted molar refractivity (Wildman–Crippen MR) is 83.6 cm³/mol. The highest BCUT2D eigenvalue weighted by atomic mass is 79.9. The topological polar surface area (TPSA) is 70.0 Å². The van der Waals surface area contributed by atoms with Crippen molar-refractivity contribution in [3.05, 3.63) is 27.1 Å². The summed E-state index contributed by atoms with van der Waals surface area (Å²) in [6, 6.07) is 5.06. The molecule has 1 fully saturated rings. The van der Waals surface area contributed by atoms with Crippen molar-refractivity contribution in [2.75, 3.05) is 13.1 Å². The summed E-state index contributed by atoms with van der Waals surface area (Å²) in [7, 11) is -3.56. The molecular weight excluding hydrogens is 412 g/mol. The van der Waals surface area contributed by atoms with Crippen LogP contribution in [-0.2, 0) is 10.0 Å². The van der Waals surface area contributed by atoms with E-state index in [2.05, 4.69) is 37.0 Å². The molecule has 1 unspecified atom stereocenters. The summed E-state index contributed by atoms with van der Waals surface area (Å²) in [5, 5.41) is 12.1. The molecule has 0 saturated carbocycles. The molecule has 1 aromatic carbocycles. The van der Waals surface area contributed by atoms with Crippen molar-refractivity contribution in [3.8, 4) is 0 Å². The monoisotopic (exact) mass is 424 g/mol. The van der Waals surface area contributed by atoms with Crippen LogP contribution >= 0.6 is 31.9 Å². The van der Waals surface area contributed by atoms with Gasteiger partial charge >= 0.3 is 0 Å². The summed E-state index contributed by atoms with van der Waals surface area (Å²) in [5.74, 6) is -0.0885. The van der Waals surface area contributed by atoms with Gasteiger partial charge in [0.2, 0.25) is 10.0 Å². The fraction of sp³-hybridized carbons (Fsp3) is 0.417. The first-order chi connectivity index (χ1) is 9.36. The second-order valence-corrected chi connectivity index (χ2v) is 8.36. The highest BCUT2D eigenvalue weighted by molar-refractivity contribution is 9.11. The van der Waals surface area contributed by atoms with Crippen LogP contribution in [0, 0.1) is 5.92 Å². The molecule has 0 spiro atoms. The first-order valence-corrected chi connectivity index (χ1v) is 9.05. The van der Waals surface area contributed by atoms with Crippen LogP contribution in [0.25, 0.3) is 0 Å². The van der Waals surface area contributed by atoms with Gasteiger partial charge in [0, 0.05) is 34.4 Å². The Labute approximate surface area is 135 Å². The molecule has 1 aliphatic heterocycles. The molecule has 0 amide bonds. The summed E-state index contributed by atoms with van der Waals surface area (Å²) in [5.41, 5.74) is 0.643. The number of piperidine rings is 1. The number of halogens is 2. The molecule has 0 radical (unpaired) electrons. The Balaban J connectivity index is 2.34. The molecule has 0 aromatic heterocycles. The van der Waals surface area contributed by atoms with E-state index in [0.717, 1.165) is 0 Å². The van der Waals surface area contributed by atoms with E-state index in [-0.39, 0.29) is 10.8 Å². The number of nitrogens with zero attached hydrogens (tertiary/aromatic N) is 2. The van der Waals surface area contributed by atoms with Crippen LogP contribution in [0.3, 0.4) is 0 Å². The summed E-state index contributed by atoms with van der Waals surface area (Å²) in [4.78, 5) is 0.239. The van der Waals surface area contributed by atoms with Gasteiger partial charge in [0.1, 0.15) is 0 Å². The van der Waals surface area contributed by atoms with E-state index in [1.54, 1.807) is 18.2 Å². The maximum atomic E-state index is 12.7. The second-order valence-electron chi connectivity index (χ2n) is 4.68. The average molecular weight is 426 g/mol. The molecule has 2 rings (SSSR count). The third-order valence-electron chi connectivity index (χ3n) is 3.30. The van der Waals surface area contributed by atoms with Crippen LogP contribution in [0.5, 0.6) is 0 Å². The maximum Gasteiger partial charge on any atom is 0.244 e. The van der Waals surface area contributed by atoms with Gasteiger partial charge in [-0.1, -0.05) is 28.0 Å². The highest BCUT2D eigenvalue weighted by Crippen LogP contribution is 2.30. The molecule has 1 saturated heterocycles. The Morgan fingerprint density at radius 2 is 2.10 bits per heavy atom. The third-order valence-corrected chi connectivity index (χ3v) is 6.66. The summed E-state index contributed by atoms with van der Waals surface area (Å²) in [6.45, 7) is 2.50. The smallest absolute Gasteiger partial charge is 0.244 e. The Bertz CT molecular complexity index is 646. The van der Waals surface area contributed by atoms with Crippen LogP contribution in [0.2, 0.25) is 0 Å². The van der Waals surface area contributed by atoms with Crippen molar-refractivity contribution >= 4 is 47.6 Å². The van der Waals surface area contributed by atoms with Crippen LogP contribution in [0.4, 0.5) is 0 Å². The first-order valence-electron chi connectivity index (χ1n) is 6.02. The molecule has 1 N–H and O–H groups in total. The average Bonchev–Trinajstić information content (AvgIpc) is 2.41. The Morgan fingerprint density at radius 3 is 2.70 bits per heavy atom. The number of benzene rings is 1. The van der Waals surface area contributed by atoms with E-state index >= 15 is 0 Å². The van der Waals surface area contributed by atoms with Gasteiger partial charge in [-0.3, -0.25) is 0 Å². The quantitative estimate of drug-likeness (QED) is 0.584. The summed E-state index contributed by atoms with van der Waals surface area (Å²) < 4.78 is 28.0. The third kappa shape index (κ3) is 3.08. The number of hydrogen-bond acceptors (Lipinski definition) is 4. The highest BCUT2D eigenvalue weighted by Gasteiger charge is 2.32. The fourth-order valence-electron chi connectivity index (χ4n) is 2.17. The number of hydrogen-bond donors (Lipinski definition) is 1. The molecule has 0 aliphatic carbocycles. The molecular formula is C12H14Br2N2O3S. The first kappa shape index (κ1) is 15.9. The van der Waals surface area contributed by atoms with E-state index in [0.29, 0.717) is 34.2 Å². The zero-order valence-corrected chi connectivity index (χ0v) is 14.7. The van der Waals surface area contributed by atoms with Crippen LogP contribution in [0.1, 0.15) is 13.3 Å². The van der Waals surface area contributed by atoms with E-state index in [9.17, 15) is 8.42 Å². The normalized spacial score (nSPS) is 23.1. The van der Waals surface area contributed by atoms with Gasteiger partial charge in [0.05, 0.1) is 10.6 Å². The maximum absolute atomic E-state index is 12.7. The van der Waals surface area contributed by atoms with Crippen LogP contribution in [0.15, 0.2) is 37.2 Å². The lowest BCUT2D eigenvalue weighted by Crippen LogP contribution is -2.43. The summed E-state index contributed by atoms with van der Waals surface area (Å²) >= 11 is 6.57. The zero-order valence-electron chi connectivity index (χ0n) is 10.8. The van der Waals surface area contributed by atoms with Crippen molar-refractivity contribution < 1.29 is 13.6 Å². The molecule has 1 aromatic rings. The number of oxime groups is 1. The van der Waals surface area contributed by atoms with E-state index in [4.69, 9.17) is 5.21 Å². The fourth-order valence-corrected chi connectivity index (χ4v) is 5.16. The lowest BCUT2D eigenvalue weighted by Gasteiger charge is -2.30. The summed E-state index contributed by atoms with van der Waals surface area (Å²) in [6.07, 6.45) is 0.447. The molecule has 1 heterocycles. The minimum absolute atomic E-state index is 0.0885. The second kappa shape index (κ2) is 6.13. The van der Waals surface area contributed by atoms with Crippen molar-refractivity contribution in [1.82, 2.24) is 4.31 Å². The van der Waals surface area contributed by atoms with Gasteiger partial charge in [-0.05, 0) is 34.1 Å². The predicted octanol–water partition coefficient (Wildman–Crippen LogP) is 3.07. The van der Waals surface area contributed by atoms with Gasteiger partial charge in [0.25, 0.3) is 0 Å². The van der Waals surface area contributed by atoms with Crippen LogP contribution < -0.4 is 0 Å². The molecule has 8 heteroatoms. The van der Waals surface area contributed by atoms with Crippen molar-refractivity contribution in [3.63, 3.8) is 0 Å². The lowest BCUT2D eigenvalue weighted by molar-refractivity contribution is 0.300. The van der Waals surface area contributed by atoms with E-state index in [1.165, 1.54) is 4.31 Å². The van der Waals surface area contributed by atoms with E-state index < -0.39 is 10.0 Å². The molecule has 1 aliphatic rings. The number of rotatable bonds is 2. The van der Waals surface area contributed by atoms with Gasteiger partial charge in [-0.2, -0.15) is 4.31 Å². The SMILES string of the molecule is CC1CN(S(=O)(=O)c2cc(Br)ccc2Br)CC/C1=N\O. The Hall–Kier alpha value is -0.440. The minimum Gasteiger partial charge on any atom is -0.411 e. The molecule has 110 valence electrons. The van der Waals surface area contributed by atoms with Crippen molar-refractivity contribution in [2.45, 2.75) is 18.2 Å². The minimum atomic E-state index is -3.56. The Morgan fingerprint density at radius 1 is 1.40 bits per heavy atom. The van der Waals surface area contributed by atoms with E-state index in [1.807, 2.05) is 6.92 Å². The number of sulfonamides is 1. The van der Waals surface area contributed by atoms with Crippen LogP contribution in [-0.4, -0.2) is 36.7 Å². The molecule has 1 atom stereocenters. The molecule has 0 bridgehead atoms. The molecule has 20 heavy (non-hydrogen) atoms. The lowest BCUT2D eigenvalue weighted by atomic mass is 10.00. The molecule has 5 nitrogen and oxygen atoms in total. The van der Waals surface area contributed by atoms with Gasteiger partial charge in [-0.15, -0.1) is 0 Å². The largest absolute Gasteiger partial charge is 0.411 e. The van der Waals surface area contributed by atoms with Crippen molar-refractivity contribution in [1.29, 1.82) is 0 Å². The van der Waals surface area contributed by atoms with Gasteiger partial charge in [0.15, 0.2) is 0 Å². The van der Waals surface area contributed by atoms with Crippen molar-refractivity contribution in [2.24, 2.45) is 11.1 Å².